The van der Waals surface area contributed by atoms with Crippen LogP contribution in [0.4, 0.5) is 0 Å². The molecular weight excluding hydrogens is 242 g/mol. The van der Waals surface area contributed by atoms with Crippen LogP contribution in [0, 0.1) is 0 Å². The number of hydrogen-bond acceptors (Lipinski definition) is 3. The van der Waals surface area contributed by atoms with Crippen molar-refractivity contribution in [3.8, 4) is 0 Å². The highest BCUT2D eigenvalue weighted by molar-refractivity contribution is 5.89. The standard InChI is InChI=1S/C14H21N3O2/c1-10(15)13(18)17-11(2)14(19)16-9-8-12-6-4-3-5-7-12/h3-7,10-11H,8-9,15H2,1-2H3,(H,16,19)(H,17,18)/t10-,11+/m0/s1. The van der Waals surface area contributed by atoms with E-state index in [1.165, 1.54) is 0 Å². The van der Waals surface area contributed by atoms with Gasteiger partial charge in [-0.25, -0.2) is 0 Å². The average molecular weight is 263 g/mol. The van der Waals surface area contributed by atoms with Crippen LogP contribution in [0.2, 0.25) is 0 Å². The fourth-order valence-corrected chi connectivity index (χ4v) is 1.54. The highest BCUT2D eigenvalue weighted by Crippen LogP contribution is 1.98. The Kier molecular flexibility index (Phi) is 6.02. The van der Waals surface area contributed by atoms with Crippen molar-refractivity contribution in [1.82, 2.24) is 10.6 Å². The monoisotopic (exact) mass is 263 g/mol. The van der Waals surface area contributed by atoms with E-state index in [0.717, 1.165) is 12.0 Å². The minimum absolute atomic E-state index is 0.204. The molecule has 2 atom stereocenters. The Morgan fingerprint density at radius 3 is 2.37 bits per heavy atom. The van der Waals surface area contributed by atoms with E-state index in [1.807, 2.05) is 30.3 Å². The molecule has 0 fully saturated rings. The molecule has 0 spiro atoms. The van der Waals surface area contributed by atoms with Gasteiger partial charge in [-0.3, -0.25) is 9.59 Å². The lowest BCUT2D eigenvalue weighted by molar-refractivity contribution is -0.129. The van der Waals surface area contributed by atoms with Crippen LogP contribution in [-0.4, -0.2) is 30.4 Å². The van der Waals surface area contributed by atoms with Gasteiger partial charge in [0.05, 0.1) is 6.04 Å². The number of nitrogens with one attached hydrogen (secondary N) is 2. The van der Waals surface area contributed by atoms with E-state index >= 15 is 0 Å². The van der Waals surface area contributed by atoms with Gasteiger partial charge in [-0.15, -0.1) is 0 Å². The maximum absolute atomic E-state index is 11.7. The predicted octanol–water partition coefficient (Wildman–Crippen LogP) is 0.197. The number of benzene rings is 1. The molecule has 0 bridgehead atoms. The molecule has 0 aromatic heterocycles. The van der Waals surface area contributed by atoms with E-state index in [1.54, 1.807) is 13.8 Å². The highest BCUT2D eigenvalue weighted by Gasteiger charge is 2.16. The average Bonchev–Trinajstić information content (AvgIpc) is 2.39. The summed E-state index contributed by atoms with van der Waals surface area (Å²) in [6.45, 7) is 3.76. The maximum atomic E-state index is 11.7. The molecule has 0 radical (unpaired) electrons. The zero-order valence-corrected chi connectivity index (χ0v) is 11.3. The second-order valence-electron chi connectivity index (χ2n) is 4.55. The zero-order chi connectivity index (χ0) is 14.3. The lowest BCUT2D eigenvalue weighted by Crippen LogP contribution is -2.49. The number of nitrogens with two attached hydrogens (primary N) is 1. The van der Waals surface area contributed by atoms with Gasteiger partial charge in [0.1, 0.15) is 6.04 Å². The number of carbonyl (C=O) groups excluding carboxylic acids is 2. The Bertz CT molecular complexity index is 418. The van der Waals surface area contributed by atoms with Crippen LogP contribution in [-0.2, 0) is 16.0 Å². The zero-order valence-electron chi connectivity index (χ0n) is 11.3. The summed E-state index contributed by atoms with van der Waals surface area (Å²) in [6, 6.07) is 8.70. The first-order valence-corrected chi connectivity index (χ1v) is 6.38. The van der Waals surface area contributed by atoms with E-state index in [9.17, 15) is 9.59 Å². The Labute approximate surface area is 113 Å². The summed E-state index contributed by atoms with van der Waals surface area (Å²) in [5.74, 6) is -0.532. The first-order chi connectivity index (χ1) is 9.00. The largest absolute Gasteiger partial charge is 0.354 e. The minimum atomic E-state index is -0.612. The SMILES string of the molecule is C[C@H](N)C(=O)N[C@H](C)C(=O)NCCc1ccccc1. The quantitative estimate of drug-likeness (QED) is 0.685. The third-order valence-corrected chi connectivity index (χ3v) is 2.72. The highest BCUT2D eigenvalue weighted by atomic mass is 16.2. The number of rotatable bonds is 6. The molecule has 5 nitrogen and oxygen atoms in total. The Balaban J connectivity index is 2.29. The molecule has 0 heterocycles. The number of amides is 2. The van der Waals surface area contributed by atoms with E-state index < -0.39 is 12.1 Å². The first-order valence-electron chi connectivity index (χ1n) is 6.38. The summed E-state index contributed by atoms with van der Waals surface area (Å²) >= 11 is 0. The van der Waals surface area contributed by atoms with Crippen molar-refractivity contribution in [2.45, 2.75) is 32.4 Å². The second-order valence-corrected chi connectivity index (χ2v) is 4.55. The Morgan fingerprint density at radius 1 is 1.16 bits per heavy atom. The van der Waals surface area contributed by atoms with Gasteiger partial charge in [-0.1, -0.05) is 30.3 Å². The van der Waals surface area contributed by atoms with E-state index in [2.05, 4.69) is 10.6 Å². The number of carbonyl (C=O) groups is 2. The van der Waals surface area contributed by atoms with Gasteiger partial charge in [-0.2, -0.15) is 0 Å². The lowest BCUT2D eigenvalue weighted by atomic mass is 10.1. The van der Waals surface area contributed by atoms with Crippen molar-refractivity contribution in [2.75, 3.05) is 6.54 Å². The number of hydrogen-bond donors (Lipinski definition) is 3. The van der Waals surface area contributed by atoms with Gasteiger partial charge in [0.2, 0.25) is 11.8 Å². The van der Waals surface area contributed by atoms with E-state index in [4.69, 9.17) is 5.73 Å². The Hall–Kier alpha value is -1.88. The van der Waals surface area contributed by atoms with Crippen LogP contribution >= 0.6 is 0 Å². The van der Waals surface area contributed by atoms with Crippen molar-refractivity contribution in [3.05, 3.63) is 35.9 Å². The molecule has 2 amide bonds. The van der Waals surface area contributed by atoms with Crippen LogP contribution in [0.3, 0.4) is 0 Å². The molecule has 104 valence electrons. The summed E-state index contributed by atoms with van der Waals surface area (Å²) in [6.07, 6.45) is 0.764. The molecule has 4 N–H and O–H groups in total. The maximum Gasteiger partial charge on any atom is 0.242 e. The van der Waals surface area contributed by atoms with Crippen LogP contribution in [0.25, 0.3) is 0 Å². The summed E-state index contributed by atoms with van der Waals surface area (Å²) < 4.78 is 0. The second kappa shape index (κ2) is 7.53. The van der Waals surface area contributed by atoms with Crippen molar-refractivity contribution in [3.63, 3.8) is 0 Å². The van der Waals surface area contributed by atoms with Gasteiger partial charge in [0, 0.05) is 6.54 Å². The van der Waals surface area contributed by atoms with Crippen molar-refractivity contribution >= 4 is 11.8 Å². The fourth-order valence-electron chi connectivity index (χ4n) is 1.54. The van der Waals surface area contributed by atoms with Gasteiger partial charge in [0.25, 0.3) is 0 Å². The third kappa shape index (κ3) is 5.52. The molecule has 0 unspecified atom stereocenters. The topological polar surface area (TPSA) is 84.2 Å². The molecule has 19 heavy (non-hydrogen) atoms. The molecule has 0 saturated heterocycles. The van der Waals surface area contributed by atoms with Crippen LogP contribution < -0.4 is 16.4 Å². The molecular formula is C14H21N3O2. The third-order valence-electron chi connectivity index (χ3n) is 2.72. The lowest BCUT2D eigenvalue weighted by Gasteiger charge is -2.15. The first kappa shape index (κ1) is 15.2. The van der Waals surface area contributed by atoms with Gasteiger partial charge >= 0.3 is 0 Å². The summed E-state index contributed by atoms with van der Waals surface area (Å²) in [7, 11) is 0. The fraction of sp³-hybridized carbons (Fsp3) is 0.429. The Morgan fingerprint density at radius 2 is 1.79 bits per heavy atom. The summed E-state index contributed by atoms with van der Waals surface area (Å²) in [4.78, 5) is 23.1. The van der Waals surface area contributed by atoms with Crippen molar-refractivity contribution < 1.29 is 9.59 Å². The molecule has 0 aliphatic heterocycles. The summed E-state index contributed by atoms with van der Waals surface area (Å²) in [5.41, 5.74) is 6.58. The molecule has 5 heteroatoms. The molecule has 1 rings (SSSR count). The van der Waals surface area contributed by atoms with Gasteiger partial charge in [-0.05, 0) is 25.8 Å². The molecule has 1 aromatic rings. The smallest absolute Gasteiger partial charge is 0.242 e. The van der Waals surface area contributed by atoms with Crippen LogP contribution in [0.5, 0.6) is 0 Å². The van der Waals surface area contributed by atoms with Crippen LogP contribution in [0.1, 0.15) is 19.4 Å². The van der Waals surface area contributed by atoms with Gasteiger partial charge in [0.15, 0.2) is 0 Å². The normalized spacial score (nSPS) is 13.4. The van der Waals surface area contributed by atoms with Gasteiger partial charge < -0.3 is 16.4 Å². The van der Waals surface area contributed by atoms with Crippen molar-refractivity contribution in [1.29, 1.82) is 0 Å². The minimum Gasteiger partial charge on any atom is -0.354 e. The molecule has 0 aliphatic rings. The predicted molar refractivity (Wildman–Crippen MR) is 74.4 cm³/mol. The summed E-state index contributed by atoms with van der Waals surface area (Å²) in [5, 5.41) is 5.33. The van der Waals surface area contributed by atoms with E-state index in [0.29, 0.717) is 6.54 Å². The van der Waals surface area contributed by atoms with Crippen molar-refractivity contribution in [2.24, 2.45) is 5.73 Å². The molecule has 0 aliphatic carbocycles. The molecule has 1 aromatic carbocycles. The van der Waals surface area contributed by atoms with Crippen LogP contribution in [0.15, 0.2) is 30.3 Å². The molecule has 0 saturated carbocycles. The van der Waals surface area contributed by atoms with E-state index in [-0.39, 0.29) is 11.8 Å².